The molecule has 1 aromatic carbocycles. The standard InChI is InChI=1S/C12H12N2O2/c1-7-3-5-9(6-4-7)10-11(8(2)15)16-12(13)14-10/h3-6H,1-2H3,(H2,13,14). The molecule has 0 fully saturated rings. The summed E-state index contributed by atoms with van der Waals surface area (Å²) < 4.78 is 5.08. The summed E-state index contributed by atoms with van der Waals surface area (Å²) in [6, 6.07) is 7.69. The van der Waals surface area contributed by atoms with Crippen LogP contribution in [0.1, 0.15) is 23.0 Å². The molecule has 0 aliphatic carbocycles. The van der Waals surface area contributed by atoms with E-state index >= 15 is 0 Å². The lowest BCUT2D eigenvalue weighted by Gasteiger charge is -1.98. The smallest absolute Gasteiger partial charge is 0.293 e. The van der Waals surface area contributed by atoms with Gasteiger partial charge in [0, 0.05) is 12.5 Å². The highest BCUT2D eigenvalue weighted by Crippen LogP contribution is 2.25. The number of oxazole rings is 1. The summed E-state index contributed by atoms with van der Waals surface area (Å²) in [5.74, 6) is 0.0288. The summed E-state index contributed by atoms with van der Waals surface area (Å²) >= 11 is 0. The lowest BCUT2D eigenvalue weighted by atomic mass is 10.1. The maximum Gasteiger partial charge on any atom is 0.293 e. The molecular weight excluding hydrogens is 204 g/mol. The van der Waals surface area contributed by atoms with E-state index < -0.39 is 0 Å². The summed E-state index contributed by atoms with van der Waals surface area (Å²) in [6.07, 6.45) is 0. The highest BCUT2D eigenvalue weighted by Gasteiger charge is 2.16. The fraction of sp³-hybridized carbons (Fsp3) is 0.167. The highest BCUT2D eigenvalue weighted by molar-refractivity contribution is 5.97. The molecule has 1 aromatic heterocycles. The van der Waals surface area contributed by atoms with E-state index in [2.05, 4.69) is 4.98 Å². The van der Waals surface area contributed by atoms with Crippen LogP contribution in [-0.4, -0.2) is 10.8 Å². The van der Waals surface area contributed by atoms with E-state index in [4.69, 9.17) is 10.2 Å². The molecular formula is C12H12N2O2. The molecule has 0 aliphatic heterocycles. The summed E-state index contributed by atoms with van der Waals surface area (Å²) in [5, 5.41) is 0. The van der Waals surface area contributed by atoms with Gasteiger partial charge in [-0.1, -0.05) is 29.8 Å². The van der Waals surface area contributed by atoms with Crippen LogP contribution in [0.4, 0.5) is 6.01 Å². The summed E-state index contributed by atoms with van der Waals surface area (Å²) in [5.41, 5.74) is 7.93. The first-order valence-corrected chi connectivity index (χ1v) is 4.92. The minimum Gasteiger partial charge on any atom is -0.420 e. The van der Waals surface area contributed by atoms with Crippen LogP contribution in [0.2, 0.25) is 0 Å². The van der Waals surface area contributed by atoms with Crippen molar-refractivity contribution in [2.75, 3.05) is 5.73 Å². The number of aryl methyl sites for hydroxylation is 1. The molecule has 2 aromatic rings. The lowest BCUT2D eigenvalue weighted by Crippen LogP contribution is -1.92. The Kier molecular flexibility index (Phi) is 2.48. The van der Waals surface area contributed by atoms with Gasteiger partial charge in [-0.2, -0.15) is 4.98 Å². The van der Waals surface area contributed by atoms with Gasteiger partial charge in [-0.15, -0.1) is 0 Å². The van der Waals surface area contributed by atoms with Crippen LogP contribution in [-0.2, 0) is 0 Å². The van der Waals surface area contributed by atoms with Crippen molar-refractivity contribution >= 4 is 11.8 Å². The molecule has 0 radical (unpaired) electrons. The van der Waals surface area contributed by atoms with Gasteiger partial charge in [0.1, 0.15) is 5.69 Å². The van der Waals surface area contributed by atoms with E-state index in [1.165, 1.54) is 6.92 Å². The molecule has 1 heterocycles. The van der Waals surface area contributed by atoms with Crippen molar-refractivity contribution < 1.29 is 9.21 Å². The zero-order valence-corrected chi connectivity index (χ0v) is 9.15. The number of aromatic nitrogens is 1. The molecule has 82 valence electrons. The normalized spacial score (nSPS) is 10.4. The number of ketones is 1. The van der Waals surface area contributed by atoms with E-state index in [0.717, 1.165) is 11.1 Å². The van der Waals surface area contributed by atoms with Gasteiger partial charge in [-0.05, 0) is 6.92 Å². The van der Waals surface area contributed by atoms with Gasteiger partial charge in [0.15, 0.2) is 11.5 Å². The van der Waals surface area contributed by atoms with Gasteiger partial charge in [0.2, 0.25) is 0 Å². The molecule has 2 N–H and O–H groups in total. The number of anilines is 1. The summed E-state index contributed by atoms with van der Waals surface area (Å²) in [6.45, 7) is 3.42. The number of nitrogens with zero attached hydrogens (tertiary/aromatic N) is 1. The number of carbonyl (C=O) groups excluding carboxylic acids is 1. The molecule has 0 spiro atoms. The van der Waals surface area contributed by atoms with Crippen molar-refractivity contribution in [3.63, 3.8) is 0 Å². The largest absolute Gasteiger partial charge is 0.420 e. The molecule has 0 atom stereocenters. The number of nitrogen functional groups attached to an aromatic ring is 1. The Hall–Kier alpha value is -2.10. The third-order valence-corrected chi connectivity index (χ3v) is 2.29. The fourth-order valence-corrected chi connectivity index (χ4v) is 1.48. The van der Waals surface area contributed by atoms with Crippen LogP contribution < -0.4 is 5.73 Å². The van der Waals surface area contributed by atoms with Crippen molar-refractivity contribution in [2.45, 2.75) is 13.8 Å². The Bertz CT molecular complexity index is 526. The third kappa shape index (κ3) is 1.82. The average molecular weight is 216 g/mol. The SMILES string of the molecule is CC(=O)c1oc(N)nc1-c1ccc(C)cc1. The first-order valence-electron chi connectivity index (χ1n) is 4.92. The first kappa shape index (κ1) is 10.4. The number of rotatable bonds is 2. The number of benzene rings is 1. The topological polar surface area (TPSA) is 69.1 Å². The van der Waals surface area contributed by atoms with E-state index in [0.29, 0.717) is 5.69 Å². The maximum absolute atomic E-state index is 11.3. The molecule has 0 bridgehead atoms. The molecule has 0 saturated carbocycles. The number of hydrogen-bond acceptors (Lipinski definition) is 4. The van der Waals surface area contributed by atoms with Crippen molar-refractivity contribution in [1.29, 1.82) is 0 Å². The number of carbonyl (C=O) groups is 1. The van der Waals surface area contributed by atoms with Crippen molar-refractivity contribution in [3.05, 3.63) is 35.6 Å². The van der Waals surface area contributed by atoms with Crippen LogP contribution >= 0.6 is 0 Å². The molecule has 0 unspecified atom stereocenters. The van der Waals surface area contributed by atoms with Crippen molar-refractivity contribution in [1.82, 2.24) is 4.98 Å². The van der Waals surface area contributed by atoms with E-state index in [9.17, 15) is 4.79 Å². The van der Waals surface area contributed by atoms with Crippen LogP contribution in [0.5, 0.6) is 0 Å². The number of hydrogen-bond donors (Lipinski definition) is 1. The second-order valence-corrected chi connectivity index (χ2v) is 3.65. The third-order valence-electron chi connectivity index (χ3n) is 2.29. The second-order valence-electron chi connectivity index (χ2n) is 3.65. The minimum absolute atomic E-state index is 0.0146. The quantitative estimate of drug-likeness (QED) is 0.783. The maximum atomic E-state index is 11.3. The van der Waals surface area contributed by atoms with Crippen LogP contribution in [0.25, 0.3) is 11.3 Å². The Balaban J connectivity index is 2.55. The molecule has 16 heavy (non-hydrogen) atoms. The Morgan fingerprint density at radius 3 is 2.50 bits per heavy atom. The molecule has 4 heteroatoms. The van der Waals surface area contributed by atoms with Crippen LogP contribution in [0, 0.1) is 6.92 Å². The Morgan fingerprint density at radius 2 is 1.94 bits per heavy atom. The van der Waals surface area contributed by atoms with Gasteiger partial charge in [-0.3, -0.25) is 4.79 Å². The number of nitrogens with two attached hydrogens (primary N) is 1. The van der Waals surface area contributed by atoms with Crippen molar-refractivity contribution in [3.8, 4) is 11.3 Å². The number of Topliss-reactive ketones (excluding diaryl/α,β-unsaturated/α-hetero) is 1. The van der Waals surface area contributed by atoms with Crippen molar-refractivity contribution in [2.24, 2.45) is 0 Å². The highest BCUT2D eigenvalue weighted by atomic mass is 16.4. The van der Waals surface area contributed by atoms with E-state index in [-0.39, 0.29) is 17.6 Å². The first-order chi connectivity index (χ1) is 7.58. The van der Waals surface area contributed by atoms with Gasteiger partial charge >= 0.3 is 0 Å². The molecule has 2 rings (SSSR count). The van der Waals surface area contributed by atoms with Gasteiger partial charge in [-0.25, -0.2) is 0 Å². The van der Waals surface area contributed by atoms with Crippen LogP contribution in [0.15, 0.2) is 28.7 Å². The van der Waals surface area contributed by atoms with Gasteiger partial charge < -0.3 is 10.2 Å². The average Bonchev–Trinajstić information content (AvgIpc) is 2.61. The second kappa shape index (κ2) is 3.81. The fourth-order valence-electron chi connectivity index (χ4n) is 1.48. The predicted molar refractivity (Wildman–Crippen MR) is 61.1 cm³/mol. The van der Waals surface area contributed by atoms with Gasteiger partial charge in [0.05, 0.1) is 0 Å². The monoisotopic (exact) mass is 216 g/mol. The molecule has 0 saturated heterocycles. The summed E-state index contributed by atoms with van der Waals surface area (Å²) in [7, 11) is 0. The molecule has 4 nitrogen and oxygen atoms in total. The lowest BCUT2D eigenvalue weighted by molar-refractivity contribution is 0.0989. The van der Waals surface area contributed by atoms with E-state index in [1.807, 2.05) is 31.2 Å². The Morgan fingerprint density at radius 1 is 1.31 bits per heavy atom. The zero-order chi connectivity index (χ0) is 11.7. The predicted octanol–water partition coefficient (Wildman–Crippen LogP) is 2.43. The summed E-state index contributed by atoms with van der Waals surface area (Å²) in [4.78, 5) is 15.4. The zero-order valence-electron chi connectivity index (χ0n) is 9.15. The Labute approximate surface area is 93.1 Å². The van der Waals surface area contributed by atoms with Gasteiger partial charge in [0.25, 0.3) is 6.01 Å². The molecule has 0 aliphatic rings. The van der Waals surface area contributed by atoms with E-state index in [1.54, 1.807) is 0 Å². The minimum atomic E-state index is -0.181. The van der Waals surface area contributed by atoms with Crippen LogP contribution in [0.3, 0.4) is 0 Å². The molecule has 0 amide bonds.